The minimum absolute atomic E-state index is 0.118. The molecule has 0 bridgehead atoms. The monoisotopic (exact) mass is 626 g/mol. The molecule has 0 fully saturated rings. The van der Waals surface area contributed by atoms with Crippen molar-refractivity contribution in [2.24, 2.45) is 0 Å². The number of nitriles is 1. The van der Waals surface area contributed by atoms with E-state index in [0.717, 1.165) is 29.9 Å². The molecule has 0 amide bonds. The lowest BCUT2D eigenvalue weighted by Crippen LogP contribution is -2.28. The number of hydrogen-bond acceptors (Lipinski definition) is 2. The van der Waals surface area contributed by atoms with E-state index < -0.39 is 0 Å². The summed E-state index contributed by atoms with van der Waals surface area (Å²) in [6, 6.07) is 51.3. The van der Waals surface area contributed by atoms with Crippen LogP contribution < -0.4 is 4.90 Å². The molecule has 0 saturated carbocycles. The Morgan fingerprint density at radius 3 is 1.78 bits per heavy atom. The van der Waals surface area contributed by atoms with Crippen LogP contribution in [0.15, 0.2) is 151 Å². The molecule has 0 N–H and O–H groups in total. The van der Waals surface area contributed by atoms with Crippen molar-refractivity contribution < 1.29 is 0 Å². The number of hydrogen-bond donors (Lipinski definition) is 0. The van der Waals surface area contributed by atoms with Crippen molar-refractivity contribution in [1.82, 2.24) is 0 Å². The van der Waals surface area contributed by atoms with Gasteiger partial charge in [-0.1, -0.05) is 111 Å². The summed E-state index contributed by atoms with van der Waals surface area (Å²) in [5.41, 5.74) is 19.8. The molecule has 10 rings (SSSR count). The van der Waals surface area contributed by atoms with Crippen LogP contribution in [0.4, 0.5) is 17.1 Å². The molecule has 1 unspecified atom stereocenters. The Labute approximate surface area is 287 Å². The summed E-state index contributed by atoms with van der Waals surface area (Å²) in [6.45, 7) is 4.68. The maximum absolute atomic E-state index is 9.66. The number of rotatable bonds is 3. The van der Waals surface area contributed by atoms with Crippen LogP contribution in [0.2, 0.25) is 0 Å². The van der Waals surface area contributed by atoms with Gasteiger partial charge in [-0.05, 0) is 128 Å². The first-order valence-corrected chi connectivity index (χ1v) is 17.3. The molecule has 0 heterocycles. The van der Waals surface area contributed by atoms with Crippen molar-refractivity contribution in [2.45, 2.75) is 37.5 Å². The standard InChI is InChI=1S/C47H34N2/c1-46(2)40-15-7-3-11-34(40)38-25-23-32(27-44(38)46)49(31-21-19-30(29-48)20-22-31)33-24-26-39-37-14-6-10-18-43(37)47(45(39)28-33)41-16-8-4-12-35(41)36-13-5-9-17-42(36)47/h3-8,10-16,18-28H,9,17H2,1-2H3. The second kappa shape index (κ2) is 10.0. The van der Waals surface area contributed by atoms with Gasteiger partial charge >= 0.3 is 0 Å². The Kier molecular flexibility index (Phi) is 5.77. The van der Waals surface area contributed by atoms with Crippen molar-refractivity contribution in [3.63, 3.8) is 0 Å². The highest BCUT2D eigenvalue weighted by Gasteiger charge is 2.52. The minimum atomic E-state index is -0.337. The zero-order valence-corrected chi connectivity index (χ0v) is 27.7. The molecule has 1 atom stereocenters. The third-order valence-corrected chi connectivity index (χ3v) is 11.6. The highest BCUT2D eigenvalue weighted by atomic mass is 15.1. The topological polar surface area (TPSA) is 27.0 Å². The lowest BCUT2D eigenvalue weighted by molar-refractivity contribution is 0.660. The van der Waals surface area contributed by atoms with Crippen molar-refractivity contribution in [3.8, 4) is 28.3 Å². The molecule has 0 aromatic heterocycles. The second-order valence-electron chi connectivity index (χ2n) is 14.3. The van der Waals surface area contributed by atoms with Crippen LogP contribution >= 0.6 is 0 Å². The van der Waals surface area contributed by atoms with E-state index in [1.807, 2.05) is 12.1 Å². The Balaban J connectivity index is 1.23. The fourth-order valence-corrected chi connectivity index (χ4v) is 9.50. The molecule has 4 aliphatic rings. The van der Waals surface area contributed by atoms with Crippen molar-refractivity contribution in [1.29, 1.82) is 5.26 Å². The van der Waals surface area contributed by atoms with Gasteiger partial charge in [0.05, 0.1) is 17.0 Å². The van der Waals surface area contributed by atoms with E-state index in [4.69, 9.17) is 0 Å². The largest absolute Gasteiger partial charge is 0.310 e. The Hall–Kier alpha value is -5.91. The number of benzene rings is 6. The summed E-state index contributed by atoms with van der Waals surface area (Å²) < 4.78 is 0. The summed E-state index contributed by atoms with van der Waals surface area (Å²) in [7, 11) is 0. The summed E-state index contributed by atoms with van der Waals surface area (Å²) in [5, 5.41) is 9.66. The fourth-order valence-electron chi connectivity index (χ4n) is 9.50. The Bertz CT molecular complexity index is 2490. The van der Waals surface area contributed by atoms with Gasteiger partial charge in [0.15, 0.2) is 0 Å². The molecule has 2 heteroatoms. The molecular formula is C47H34N2. The number of nitrogens with zero attached hydrogens (tertiary/aromatic N) is 2. The summed E-state index contributed by atoms with van der Waals surface area (Å²) in [6.07, 6.45) is 6.80. The van der Waals surface area contributed by atoms with Crippen molar-refractivity contribution >= 4 is 22.6 Å². The Morgan fingerprint density at radius 1 is 0.551 bits per heavy atom. The third-order valence-electron chi connectivity index (χ3n) is 11.6. The molecule has 0 radical (unpaired) electrons. The second-order valence-corrected chi connectivity index (χ2v) is 14.3. The zero-order chi connectivity index (χ0) is 32.9. The van der Waals surface area contributed by atoms with E-state index in [0.29, 0.717) is 5.56 Å². The van der Waals surface area contributed by atoms with Crippen LogP contribution in [0, 0.1) is 11.3 Å². The van der Waals surface area contributed by atoms with Gasteiger partial charge in [0.1, 0.15) is 0 Å². The minimum Gasteiger partial charge on any atom is -0.310 e. The maximum atomic E-state index is 9.66. The molecule has 49 heavy (non-hydrogen) atoms. The SMILES string of the molecule is CC1(C)c2ccccc2-c2ccc(N(c3ccc(C#N)cc3)c3ccc4c(c3)C3(C5=C(C=CCC5)c5ccccc53)c3ccccc3-4)cc21. The molecular weight excluding hydrogens is 593 g/mol. The van der Waals surface area contributed by atoms with Crippen LogP contribution in [-0.2, 0) is 10.8 Å². The third kappa shape index (κ3) is 3.65. The average Bonchev–Trinajstić information content (AvgIpc) is 3.71. The van der Waals surface area contributed by atoms with Crippen LogP contribution in [-0.4, -0.2) is 0 Å². The van der Waals surface area contributed by atoms with E-state index in [1.165, 1.54) is 66.8 Å². The molecule has 0 saturated heterocycles. The molecule has 2 nitrogen and oxygen atoms in total. The van der Waals surface area contributed by atoms with Crippen molar-refractivity contribution in [2.75, 3.05) is 4.90 Å². The summed E-state index contributed by atoms with van der Waals surface area (Å²) >= 11 is 0. The normalized spacial score (nSPS) is 18.3. The lowest BCUT2D eigenvalue weighted by atomic mass is 9.68. The van der Waals surface area contributed by atoms with Crippen LogP contribution in [0.3, 0.4) is 0 Å². The van der Waals surface area contributed by atoms with E-state index in [-0.39, 0.29) is 10.8 Å². The predicted octanol–water partition coefficient (Wildman–Crippen LogP) is 11.8. The molecule has 1 spiro atoms. The first-order valence-electron chi connectivity index (χ1n) is 17.3. The Morgan fingerprint density at radius 2 is 1.08 bits per heavy atom. The molecule has 232 valence electrons. The highest BCUT2D eigenvalue weighted by molar-refractivity contribution is 5.98. The first kappa shape index (κ1) is 28.1. The number of fused-ring (bicyclic) bond motifs is 12. The van der Waals surface area contributed by atoms with Gasteiger partial charge in [-0.25, -0.2) is 0 Å². The van der Waals surface area contributed by atoms with E-state index >= 15 is 0 Å². The van der Waals surface area contributed by atoms with Crippen molar-refractivity contribution in [3.05, 3.63) is 190 Å². The van der Waals surface area contributed by atoms with Gasteiger partial charge in [0, 0.05) is 22.5 Å². The van der Waals surface area contributed by atoms with Gasteiger partial charge in [0.25, 0.3) is 0 Å². The highest BCUT2D eigenvalue weighted by Crippen LogP contribution is 2.64. The predicted molar refractivity (Wildman–Crippen MR) is 200 cm³/mol. The van der Waals surface area contributed by atoms with Crippen LogP contribution in [0.5, 0.6) is 0 Å². The van der Waals surface area contributed by atoms with E-state index in [9.17, 15) is 5.26 Å². The molecule has 6 aromatic carbocycles. The van der Waals surface area contributed by atoms with Gasteiger partial charge in [-0.2, -0.15) is 5.26 Å². The van der Waals surface area contributed by atoms with E-state index in [2.05, 4.69) is 158 Å². The smallest absolute Gasteiger partial charge is 0.0991 e. The van der Waals surface area contributed by atoms with Crippen LogP contribution in [0.25, 0.3) is 27.8 Å². The molecule has 6 aromatic rings. The first-order chi connectivity index (χ1) is 24.0. The van der Waals surface area contributed by atoms with Gasteiger partial charge in [-0.3, -0.25) is 0 Å². The number of allylic oxidation sites excluding steroid dienone is 4. The molecule has 0 aliphatic heterocycles. The zero-order valence-electron chi connectivity index (χ0n) is 27.7. The van der Waals surface area contributed by atoms with Gasteiger partial charge < -0.3 is 4.90 Å². The lowest BCUT2D eigenvalue weighted by Gasteiger charge is -2.34. The summed E-state index contributed by atoms with van der Waals surface area (Å²) in [5.74, 6) is 0. The quantitative estimate of drug-likeness (QED) is 0.195. The molecule has 4 aliphatic carbocycles. The maximum Gasteiger partial charge on any atom is 0.0991 e. The van der Waals surface area contributed by atoms with Gasteiger partial charge in [0.2, 0.25) is 0 Å². The average molecular weight is 627 g/mol. The van der Waals surface area contributed by atoms with Gasteiger partial charge in [-0.15, -0.1) is 0 Å². The summed E-state index contributed by atoms with van der Waals surface area (Å²) in [4.78, 5) is 2.38. The number of anilines is 3. The van der Waals surface area contributed by atoms with E-state index in [1.54, 1.807) is 0 Å². The fraction of sp³-hybridized carbons (Fsp3) is 0.128. The van der Waals surface area contributed by atoms with Crippen LogP contribution in [0.1, 0.15) is 65.6 Å².